The summed E-state index contributed by atoms with van der Waals surface area (Å²) in [6.45, 7) is 1.71. The van der Waals surface area contributed by atoms with Crippen molar-refractivity contribution in [2.45, 2.75) is 25.8 Å². The summed E-state index contributed by atoms with van der Waals surface area (Å²) in [5, 5.41) is 10.6. The van der Waals surface area contributed by atoms with Crippen molar-refractivity contribution in [1.29, 1.82) is 0 Å². The smallest absolute Gasteiger partial charge is 0.220 e. The topological polar surface area (TPSA) is 60.2 Å². The summed E-state index contributed by atoms with van der Waals surface area (Å²) in [5.74, 6) is -0.167. The van der Waals surface area contributed by atoms with E-state index in [1.54, 1.807) is 31.2 Å². The first-order valence-electron chi connectivity index (χ1n) is 4.87. The third-order valence-corrected chi connectivity index (χ3v) is 2.29. The first-order valence-corrected chi connectivity index (χ1v) is 4.87. The Balaban J connectivity index is 2.67. The van der Waals surface area contributed by atoms with E-state index in [1.807, 2.05) is 6.07 Å². The molecule has 1 rings (SSSR count). The highest BCUT2D eigenvalue weighted by Gasteiger charge is 2.22. The Labute approximate surface area is 88.1 Å². The molecular weight excluding hydrogens is 194 g/mol. The number of benzene rings is 1. The predicted molar refractivity (Wildman–Crippen MR) is 56.5 cm³/mol. The zero-order chi connectivity index (χ0) is 11.3. The van der Waals surface area contributed by atoms with Crippen molar-refractivity contribution in [2.75, 3.05) is 0 Å². The van der Waals surface area contributed by atoms with Crippen molar-refractivity contribution in [3.05, 3.63) is 46.0 Å². The third-order valence-electron chi connectivity index (χ3n) is 2.29. The lowest BCUT2D eigenvalue weighted by Crippen LogP contribution is -2.22. The van der Waals surface area contributed by atoms with Gasteiger partial charge in [0.1, 0.15) is 0 Å². The molecule has 15 heavy (non-hydrogen) atoms. The molecule has 0 saturated heterocycles. The number of carbonyl (C=O) groups is 1. The lowest BCUT2D eigenvalue weighted by atomic mass is 10.0. The van der Waals surface area contributed by atoms with Crippen LogP contribution in [0.25, 0.3) is 0 Å². The second kappa shape index (κ2) is 5.24. The summed E-state index contributed by atoms with van der Waals surface area (Å²) in [4.78, 5) is 21.8. The molecule has 0 aliphatic rings. The summed E-state index contributed by atoms with van der Waals surface area (Å²) in [5.41, 5.74) is 0.540. The van der Waals surface area contributed by atoms with Gasteiger partial charge in [-0.2, -0.15) is 0 Å². The zero-order valence-electron chi connectivity index (χ0n) is 8.55. The third kappa shape index (κ3) is 3.16. The number of nitro groups is 1. The number of nitrogens with zero attached hydrogens (tertiary/aromatic N) is 1. The van der Waals surface area contributed by atoms with Crippen LogP contribution in [0.2, 0.25) is 0 Å². The van der Waals surface area contributed by atoms with E-state index in [1.165, 1.54) is 0 Å². The maximum absolute atomic E-state index is 11.6. The fourth-order valence-corrected chi connectivity index (χ4v) is 1.32. The summed E-state index contributed by atoms with van der Waals surface area (Å²) in [7, 11) is 0. The van der Waals surface area contributed by atoms with Gasteiger partial charge in [0.15, 0.2) is 5.78 Å². The molecule has 1 aromatic carbocycles. The molecule has 0 radical (unpaired) electrons. The number of Topliss-reactive ketones (excluding diaryl/α,β-unsaturated/α-hetero) is 1. The van der Waals surface area contributed by atoms with E-state index in [2.05, 4.69) is 0 Å². The number of carbonyl (C=O) groups excluding carboxylic acids is 1. The predicted octanol–water partition coefficient (Wildman–Crippen LogP) is 2.31. The van der Waals surface area contributed by atoms with Crippen LogP contribution < -0.4 is 0 Å². The van der Waals surface area contributed by atoms with E-state index in [0.29, 0.717) is 12.0 Å². The number of hydrogen-bond acceptors (Lipinski definition) is 3. The van der Waals surface area contributed by atoms with Crippen molar-refractivity contribution in [1.82, 2.24) is 0 Å². The SMILES string of the molecule is CCC(CC(=O)c1ccccc1)[N+](=O)[O-]. The van der Waals surface area contributed by atoms with Crippen LogP contribution in [-0.4, -0.2) is 16.7 Å². The number of hydrogen-bond donors (Lipinski definition) is 0. The summed E-state index contributed by atoms with van der Waals surface area (Å²) in [6.07, 6.45) is 0.360. The van der Waals surface area contributed by atoms with Gasteiger partial charge in [-0.1, -0.05) is 37.3 Å². The molecule has 0 spiro atoms. The Morgan fingerprint density at radius 1 is 1.40 bits per heavy atom. The second-order valence-corrected chi connectivity index (χ2v) is 3.34. The number of ketones is 1. The monoisotopic (exact) mass is 207 g/mol. The molecule has 1 atom stereocenters. The van der Waals surface area contributed by atoms with Crippen molar-refractivity contribution >= 4 is 5.78 Å². The molecule has 0 aromatic heterocycles. The summed E-state index contributed by atoms with van der Waals surface area (Å²) in [6, 6.07) is 7.89. The maximum atomic E-state index is 11.6. The van der Waals surface area contributed by atoms with Crippen LogP contribution >= 0.6 is 0 Å². The molecule has 0 N–H and O–H groups in total. The van der Waals surface area contributed by atoms with Crippen LogP contribution in [0.5, 0.6) is 0 Å². The van der Waals surface area contributed by atoms with Gasteiger partial charge in [0.25, 0.3) is 0 Å². The van der Waals surface area contributed by atoms with Gasteiger partial charge >= 0.3 is 0 Å². The quantitative estimate of drug-likeness (QED) is 0.423. The van der Waals surface area contributed by atoms with Gasteiger partial charge in [-0.3, -0.25) is 14.9 Å². The molecule has 0 fully saturated rings. The molecule has 0 saturated carbocycles. The number of rotatable bonds is 5. The summed E-state index contributed by atoms with van der Waals surface area (Å²) >= 11 is 0. The van der Waals surface area contributed by atoms with Crippen molar-refractivity contribution in [3.8, 4) is 0 Å². The van der Waals surface area contributed by atoms with E-state index < -0.39 is 6.04 Å². The van der Waals surface area contributed by atoms with Crippen molar-refractivity contribution < 1.29 is 9.72 Å². The van der Waals surface area contributed by atoms with Crippen LogP contribution in [0.3, 0.4) is 0 Å². The second-order valence-electron chi connectivity index (χ2n) is 3.34. The molecule has 0 aliphatic heterocycles. The van der Waals surface area contributed by atoms with Gasteiger partial charge in [0.05, 0.1) is 6.42 Å². The van der Waals surface area contributed by atoms with Crippen LogP contribution in [-0.2, 0) is 0 Å². The molecule has 80 valence electrons. The largest absolute Gasteiger partial charge is 0.294 e. The van der Waals surface area contributed by atoms with Crippen LogP contribution in [0, 0.1) is 10.1 Å². The molecule has 0 heterocycles. The highest BCUT2D eigenvalue weighted by Crippen LogP contribution is 2.09. The average Bonchev–Trinajstić information content (AvgIpc) is 2.26. The van der Waals surface area contributed by atoms with Gasteiger partial charge in [-0.25, -0.2) is 0 Å². The van der Waals surface area contributed by atoms with Crippen LogP contribution in [0.15, 0.2) is 30.3 Å². The highest BCUT2D eigenvalue weighted by atomic mass is 16.6. The van der Waals surface area contributed by atoms with Gasteiger partial charge in [-0.05, 0) is 0 Å². The van der Waals surface area contributed by atoms with Gasteiger partial charge < -0.3 is 0 Å². The fourth-order valence-electron chi connectivity index (χ4n) is 1.32. The van der Waals surface area contributed by atoms with E-state index in [-0.39, 0.29) is 17.1 Å². The van der Waals surface area contributed by atoms with Gasteiger partial charge in [0, 0.05) is 16.9 Å². The molecule has 4 nitrogen and oxygen atoms in total. The van der Waals surface area contributed by atoms with Crippen LogP contribution in [0.1, 0.15) is 30.1 Å². The van der Waals surface area contributed by atoms with Crippen molar-refractivity contribution in [2.24, 2.45) is 0 Å². The molecule has 0 aliphatic carbocycles. The van der Waals surface area contributed by atoms with Gasteiger partial charge in [0.2, 0.25) is 6.04 Å². The minimum absolute atomic E-state index is 0.0203. The minimum Gasteiger partial charge on any atom is -0.294 e. The Hall–Kier alpha value is -1.71. The highest BCUT2D eigenvalue weighted by molar-refractivity contribution is 5.96. The lowest BCUT2D eigenvalue weighted by molar-refractivity contribution is -0.521. The van der Waals surface area contributed by atoms with E-state index in [0.717, 1.165) is 0 Å². The maximum Gasteiger partial charge on any atom is 0.220 e. The van der Waals surface area contributed by atoms with E-state index >= 15 is 0 Å². The molecular formula is C11H13NO3. The average molecular weight is 207 g/mol. The Kier molecular flexibility index (Phi) is 3.97. The first kappa shape index (κ1) is 11.4. The Morgan fingerprint density at radius 2 is 2.00 bits per heavy atom. The van der Waals surface area contributed by atoms with E-state index in [4.69, 9.17) is 0 Å². The summed E-state index contributed by atoms with van der Waals surface area (Å²) < 4.78 is 0. The molecule has 1 aromatic rings. The fraction of sp³-hybridized carbons (Fsp3) is 0.364. The standard InChI is InChI=1S/C11H13NO3/c1-2-10(12(14)15)8-11(13)9-6-4-3-5-7-9/h3-7,10H,2,8H2,1H3. The Bertz CT molecular complexity index is 348. The zero-order valence-corrected chi connectivity index (χ0v) is 8.55. The normalized spacial score (nSPS) is 12.1. The van der Waals surface area contributed by atoms with Crippen molar-refractivity contribution in [3.63, 3.8) is 0 Å². The Morgan fingerprint density at radius 3 is 2.47 bits per heavy atom. The minimum atomic E-state index is -0.766. The molecule has 0 bridgehead atoms. The van der Waals surface area contributed by atoms with Gasteiger partial charge in [-0.15, -0.1) is 0 Å². The molecule has 1 unspecified atom stereocenters. The molecule has 4 heteroatoms. The van der Waals surface area contributed by atoms with Crippen LogP contribution in [0.4, 0.5) is 0 Å². The first-order chi connectivity index (χ1) is 7.15. The van der Waals surface area contributed by atoms with E-state index in [9.17, 15) is 14.9 Å². The lowest BCUT2D eigenvalue weighted by Gasteiger charge is -2.05. The molecule has 0 amide bonds.